The lowest BCUT2D eigenvalue weighted by molar-refractivity contribution is -0.157. The first-order chi connectivity index (χ1) is 28.8. The Bertz CT molecular complexity index is 2310. The number of aromatic amines is 2. The van der Waals surface area contributed by atoms with E-state index in [9.17, 15) is 24.0 Å². The average Bonchev–Trinajstić information content (AvgIpc) is 3.75. The molecule has 2 aromatic carbocycles. The van der Waals surface area contributed by atoms with E-state index in [2.05, 4.69) is 48.3 Å². The number of hydrogen-bond acceptors (Lipinski definition) is 9. The monoisotopic (exact) mass is 969 g/mol. The second kappa shape index (κ2) is 19.2. The van der Waals surface area contributed by atoms with Crippen LogP contribution in [-0.4, -0.2) is 101 Å². The van der Waals surface area contributed by atoms with E-state index in [4.69, 9.17) is 18.9 Å². The molecule has 5 heterocycles. The molecule has 3 aliphatic heterocycles. The van der Waals surface area contributed by atoms with Gasteiger partial charge in [0.2, 0.25) is 17.7 Å². The number of carbonyl (C=O) groups excluding carboxylic acids is 5. The topological polar surface area (TPSA) is 184 Å². The maximum atomic E-state index is 13.8. The number of H-pyrrole nitrogens is 2. The van der Waals surface area contributed by atoms with Gasteiger partial charge in [0.25, 0.3) is 0 Å². The third-order valence-corrected chi connectivity index (χ3v) is 11.6. The molecule has 4 amide bonds. The van der Waals surface area contributed by atoms with Crippen LogP contribution in [0.2, 0.25) is 0 Å². The summed E-state index contributed by atoms with van der Waals surface area (Å²) in [6.07, 6.45) is 1.59. The van der Waals surface area contributed by atoms with Crippen molar-refractivity contribution in [1.29, 1.82) is 0 Å². The molecule has 4 aromatic rings. The molecule has 0 unspecified atom stereocenters. The number of aromatic nitrogens is 2. The summed E-state index contributed by atoms with van der Waals surface area (Å²) in [4.78, 5) is 75.0. The van der Waals surface area contributed by atoms with Crippen molar-refractivity contribution in [3.8, 4) is 11.5 Å². The maximum Gasteiger partial charge on any atom is 0.408 e. The van der Waals surface area contributed by atoms with Gasteiger partial charge in [-0.2, -0.15) is 0 Å². The highest BCUT2D eigenvalue weighted by atomic mass is 127. The van der Waals surface area contributed by atoms with Crippen molar-refractivity contribution in [2.24, 2.45) is 11.8 Å². The van der Waals surface area contributed by atoms with Crippen LogP contribution in [0.3, 0.4) is 0 Å². The quantitative estimate of drug-likeness (QED) is 0.144. The number of nitrogens with one attached hydrogen (secondary N) is 4. The minimum atomic E-state index is -0.905. The molecule has 2 aromatic heterocycles. The van der Waals surface area contributed by atoms with Gasteiger partial charge in [0.15, 0.2) is 0 Å². The van der Waals surface area contributed by atoms with Crippen LogP contribution in [0.15, 0.2) is 36.4 Å². The molecule has 0 aliphatic carbocycles. The number of alkyl carbamates (subject to hydrolysis) is 1. The van der Waals surface area contributed by atoms with Gasteiger partial charge in [0, 0.05) is 58.2 Å². The number of carbonyl (C=O) groups is 5. The Balaban J connectivity index is 0.000000239. The van der Waals surface area contributed by atoms with Gasteiger partial charge < -0.3 is 73.3 Å². The molecule has 3 aliphatic rings. The zero-order valence-electron chi connectivity index (χ0n) is 37.9. The number of benzene rings is 2. The number of halogens is 1. The summed E-state index contributed by atoms with van der Waals surface area (Å²) in [6.45, 7) is 17.0. The zero-order chi connectivity index (χ0) is 44.7. The Morgan fingerprint density at radius 3 is 1.82 bits per heavy atom. The number of piperazine rings is 1. The highest BCUT2D eigenvalue weighted by molar-refractivity contribution is 5.99. The van der Waals surface area contributed by atoms with Crippen LogP contribution in [0, 0.1) is 11.8 Å². The fourth-order valence-electron chi connectivity index (χ4n) is 8.96. The molecular formula is C46H62IN6O9-. The second-order valence-electron chi connectivity index (χ2n) is 18.2. The summed E-state index contributed by atoms with van der Waals surface area (Å²) >= 11 is 0. The van der Waals surface area contributed by atoms with Crippen molar-refractivity contribution < 1.29 is 66.9 Å². The molecule has 4 N–H and O–H groups in total. The van der Waals surface area contributed by atoms with Crippen LogP contribution < -0.4 is 44.1 Å². The molecule has 6 atom stereocenters. The van der Waals surface area contributed by atoms with E-state index in [1.165, 1.54) is 7.11 Å². The Morgan fingerprint density at radius 2 is 1.32 bits per heavy atom. The number of methoxy groups -OCH3 is 3. The number of amides is 4. The van der Waals surface area contributed by atoms with Gasteiger partial charge in [-0.15, -0.1) is 0 Å². The van der Waals surface area contributed by atoms with Gasteiger partial charge in [-0.3, -0.25) is 14.4 Å². The number of ether oxygens (including phenoxy) is 4. The predicted octanol–water partition coefficient (Wildman–Crippen LogP) is 3.64. The van der Waals surface area contributed by atoms with Crippen LogP contribution in [0.1, 0.15) is 110 Å². The number of rotatable bonds is 9. The molecule has 15 nitrogen and oxygen atoms in total. The van der Waals surface area contributed by atoms with E-state index in [1.54, 1.807) is 53.7 Å². The smallest absolute Gasteiger partial charge is 0.408 e. The molecule has 16 heteroatoms. The number of hydrogen-bond donors (Lipinski definition) is 4. The summed E-state index contributed by atoms with van der Waals surface area (Å²) < 4.78 is 21.1. The second-order valence-corrected chi connectivity index (χ2v) is 18.2. The van der Waals surface area contributed by atoms with Gasteiger partial charge in [-0.05, 0) is 94.7 Å². The van der Waals surface area contributed by atoms with Crippen molar-refractivity contribution in [2.45, 2.75) is 130 Å². The first-order valence-electron chi connectivity index (χ1n) is 21.2. The lowest BCUT2D eigenvalue weighted by Gasteiger charge is -2.46. The lowest BCUT2D eigenvalue weighted by Crippen LogP contribution is -3.00. The van der Waals surface area contributed by atoms with Crippen LogP contribution in [-0.2, 0) is 41.5 Å². The molecule has 1 fully saturated rings. The predicted molar refractivity (Wildman–Crippen MR) is 231 cm³/mol. The Hall–Kier alpha value is -5.00. The Morgan fingerprint density at radius 1 is 0.806 bits per heavy atom. The first kappa shape index (κ1) is 48.0. The van der Waals surface area contributed by atoms with Crippen molar-refractivity contribution in [2.75, 3.05) is 21.3 Å². The van der Waals surface area contributed by atoms with Gasteiger partial charge in [-0.25, -0.2) is 9.59 Å². The van der Waals surface area contributed by atoms with Crippen molar-refractivity contribution >= 4 is 51.6 Å². The molecule has 0 bridgehead atoms. The summed E-state index contributed by atoms with van der Waals surface area (Å²) in [5.74, 6) is 1.21. The van der Waals surface area contributed by atoms with E-state index in [0.717, 1.165) is 56.5 Å². The molecule has 7 rings (SSSR count). The van der Waals surface area contributed by atoms with Gasteiger partial charge >= 0.3 is 12.1 Å². The molecule has 0 spiro atoms. The molecular weight excluding hydrogens is 907 g/mol. The normalized spacial score (nSPS) is 21.2. The summed E-state index contributed by atoms with van der Waals surface area (Å²) in [5.41, 5.74) is 5.25. The van der Waals surface area contributed by atoms with E-state index in [0.29, 0.717) is 30.9 Å². The Kier molecular flexibility index (Phi) is 14.9. The third-order valence-electron chi connectivity index (χ3n) is 11.6. The van der Waals surface area contributed by atoms with E-state index >= 15 is 0 Å². The average molecular weight is 970 g/mol. The minimum absolute atomic E-state index is 0. The van der Waals surface area contributed by atoms with Gasteiger partial charge in [0.05, 0.1) is 33.4 Å². The molecule has 0 radical (unpaired) electrons. The molecule has 0 saturated carbocycles. The van der Waals surface area contributed by atoms with Crippen LogP contribution in [0.5, 0.6) is 11.5 Å². The summed E-state index contributed by atoms with van der Waals surface area (Å²) in [7, 11) is 4.58. The highest BCUT2D eigenvalue weighted by Gasteiger charge is 2.48. The third kappa shape index (κ3) is 9.79. The van der Waals surface area contributed by atoms with Gasteiger partial charge in [0.1, 0.15) is 41.3 Å². The lowest BCUT2D eigenvalue weighted by atomic mass is 9.85. The number of fused-ring (bicyclic) bond motifs is 7. The minimum Gasteiger partial charge on any atom is -1.00 e. The maximum absolute atomic E-state index is 13.8. The summed E-state index contributed by atoms with van der Waals surface area (Å²) in [6, 6.07) is 8.56. The molecule has 1 saturated heterocycles. The van der Waals surface area contributed by atoms with Crippen molar-refractivity contribution in [1.82, 2.24) is 30.4 Å². The van der Waals surface area contributed by atoms with Crippen LogP contribution in [0.4, 0.5) is 4.79 Å². The van der Waals surface area contributed by atoms with Crippen LogP contribution >= 0.6 is 0 Å². The fraction of sp³-hybridized carbons (Fsp3) is 0.543. The Labute approximate surface area is 380 Å². The molecule has 338 valence electrons. The fourth-order valence-corrected chi connectivity index (χ4v) is 8.96. The first-order valence-corrected chi connectivity index (χ1v) is 21.2. The van der Waals surface area contributed by atoms with E-state index in [1.807, 2.05) is 41.3 Å². The van der Waals surface area contributed by atoms with Crippen LogP contribution in [0.25, 0.3) is 21.8 Å². The number of nitrogens with zero attached hydrogens (tertiary/aromatic N) is 2. The van der Waals surface area contributed by atoms with Gasteiger partial charge in [-0.1, -0.05) is 27.7 Å². The zero-order valence-corrected chi connectivity index (χ0v) is 40.0. The van der Waals surface area contributed by atoms with E-state index < -0.39 is 47.9 Å². The summed E-state index contributed by atoms with van der Waals surface area (Å²) in [5, 5.41) is 7.54. The molecule has 62 heavy (non-hydrogen) atoms. The highest BCUT2D eigenvalue weighted by Crippen LogP contribution is 2.43. The standard InChI is InChI=1S/C26H37N3O6.C20H25N3O3.HI/c1-14(2)11-20-22-18(17-10-9-16(33-7)12-19(17)28-22)13-21(24(31)34-8)29(20)23(30)15(3)27-25(32)35-26(4,5)6;1-10(2)7-16-18-14(13-6-5-12(26-4)8-15(13)22-18)9-17-19(24)21-11(3)20(25)23(16)17;/h9-10,12,14-15,20-21,28H,11,13H2,1-8H3,(H,27,32);5-6,8,10-11,16-17,22H,7,9H2,1-4H3,(H,21,24);1H/p-1/t15-,20-,21-;11-,16-,17-;/m00./s1. The van der Waals surface area contributed by atoms with Crippen molar-refractivity contribution in [3.63, 3.8) is 0 Å². The number of esters is 1. The SMILES string of the molecule is COC(=O)[C@@H]1Cc2c([nH]c3cc(OC)ccc23)[C@H](CC(C)C)N1C(=O)[C@H](C)NC(=O)OC(C)(C)C.COc1ccc2c3c([nH]c2c1)[C@H](CC(C)C)N1C(=O)[C@H](C)NC(=O)[C@@H]1C3.[I-]. The van der Waals surface area contributed by atoms with Crippen molar-refractivity contribution in [3.05, 3.63) is 58.9 Å². The largest absolute Gasteiger partial charge is 1.00 e. The van der Waals surface area contributed by atoms with E-state index in [-0.39, 0.29) is 53.7 Å².